The first kappa shape index (κ1) is 13.2. The van der Waals surface area contributed by atoms with Crippen LogP contribution in [0.4, 0.5) is 0 Å². The van der Waals surface area contributed by atoms with Gasteiger partial charge in [-0.3, -0.25) is 0 Å². The number of nitrogens with zero attached hydrogens (tertiary/aromatic N) is 1. The molecular formula is C13H15NO3. The van der Waals surface area contributed by atoms with Crippen molar-refractivity contribution in [2.45, 2.75) is 25.4 Å². The Labute approximate surface area is 100 Å². The lowest BCUT2D eigenvalue weighted by Gasteiger charge is -2.29. The summed E-state index contributed by atoms with van der Waals surface area (Å²) in [6.07, 6.45) is -1.26. The molecule has 0 spiro atoms. The predicted molar refractivity (Wildman–Crippen MR) is 62.2 cm³/mol. The zero-order valence-corrected chi connectivity index (χ0v) is 10.1. The van der Waals surface area contributed by atoms with Crippen LogP contribution in [0.15, 0.2) is 24.3 Å². The molecular weight excluding hydrogens is 218 g/mol. The summed E-state index contributed by atoms with van der Waals surface area (Å²) in [7, 11) is 1.23. The molecule has 0 fully saturated rings. The molecule has 0 aromatic heterocycles. The highest BCUT2D eigenvalue weighted by atomic mass is 16.5. The molecule has 1 rings (SSSR count). The molecule has 90 valence electrons. The van der Waals surface area contributed by atoms with Gasteiger partial charge in [0.2, 0.25) is 0 Å². The molecule has 4 nitrogen and oxygen atoms in total. The van der Waals surface area contributed by atoms with Gasteiger partial charge in [-0.25, -0.2) is 4.79 Å². The molecule has 0 saturated heterocycles. The van der Waals surface area contributed by atoms with Gasteiger partial charge >= 0.3 is 5.97 Å². The molecule has 17 heavy (non-hydrogen) atoms. The Hall–Kier alpha value is -1.86. The zero-order valence-electron chi connectivity index (χ0n) is 10.1. The van der Waals surface area contributed by atoms with Gasteiger partial charge in [0.05, 0.1) is 18.7 Å². The fraction of sp³-hybridized carbons (Fsp3) is 0.385. The van der Waals surface area contributed by atoms with Crippen molar-refractivity contribution in [1.82, 2.24) is 0 Å². The average Bonchev–Trinajstić information content (AvgIpc) is 2.36. The van der Waals surface area contributed by atoms with Gasteiger partial charge < -0.3 is 9.84 Å². The number of carbonyl (C=O) groups is 1. The third kappa shape index (κ3) is 2.63. The van der Waals surface area contributed by atoms with Crippen LogP contribution in [0, 0.1) is 11.3 Å². The van der Waals surface area contributed by atoms with E-state index < -0.39 is 17.5 Å². The van der Waals surface area contributed by atoms with E-state index in [-0.39, 0.29) is 0 Å². The van der Waals surface area contributed by atoms with Crippen LogP contribution in [-0.4, -0.2) is 24.3 Å². The molecule has 0 aliphatic heterocycles. The van der Waals surface area contributed by atoms with Gasteiger partial charge in [-0.1, -0.05) is 26.0 Å². The van der Waals surface area contributed by atoms with Crippen LogP contribution in [0.2, 0.25) is 0 Å². The lowest BCUT2D eigenvalue weighted by Crippen LogP contribution is -2.40. The fourth-order valence-corrected chi connectivity index (χ4v) is 1.55. The van der Waals surface area contributed by atoms with E-state index in [1.165, 1.54) is 7.11 Å². The second-order valence-corrected chi connectivity index (χ2v) is 4.34. The summed E-state index contributed by atoms with van der Waals surface area (Å²) in [5.74, 6) is -0.683. The van der Waals surface area contributed by atoms with Crippen molar-refractivity contribution in [2.24, 2.45) is 0 Å². The second kappa shape index (κ2) is 4.98. The second-order valence-electron chi connectivity index (χ2n) is 4.34. The van der Waals surface area contributed by atoms with Gasteiger partial charge in [0.25, 0.3) is 0 Å². The monoisotopic (exact) mass is 233 g/mol. The molecule has 0 amide bonds. The molecule has 0 heterocycles. The number of aliphatic hydroxyl groups is 1. The molecule has 0 aliphatic rings. The number of hydrogen-bond donors (Lipinski definition) is 1. The Kier molecular flexibility index (Phi) is 3.87. The Morgan fingerprint density at radius 3 is 2.71 bits per heavy atom. The molecule has 0 saturated carbocycles. The first-order valence-corrected chi connectivity index (χ1v) is 5.20. The van der Waals surface area contributed by atoms with Gasteiger partial charge in [-0.2, -0.15) is 5.26 Å². The van der Waals surface area contributed by atoms with Crippen LogP contribution in [0.3, 0.4) is 0 Å². The summed E-state index contributed by atoms with van der Waals surface area (Å²) >= 11 is 0. The maximum atomic E-state index is 11.3. The van der Waals surface area contributed by atoms with Crippen molar-refractivity contribution in [3.63, 3.8) is 0 Å². The minimum Gasteiger partial charge on any atom is -0.467 e. The summed E-state index contributed by atoms with van der Waals surface area (Å²) in [4.78, 5) is 11.3. The molecule has 1 unspecified atom stereocenters. The molecule has 0 bridgehead atoms. The van der Waals surface area contributed by atoms with Crippen molar-refractivity contribution in [2.75, 3.05) is 7.11 Å². The van der Waals surface area contributed by atoms with Gasteiger partial charge in [0.1, 0.15) is 0 Å². The summed E-state index contributed by atoms with van der Waals surface area (Å²) in [5, 5.41) is 18.7. The van der Waals surface area contributed by atoms with E-state index in [9.17, 15) is 9.90 Å². The van der Waals surface area contributed by atoms with Crippen LogP contribution in [0.1, 0.15) is 25.0 Å². The first-order valence-electron chi connectivity index (χ1n) is 5.20. The summed E-state index contributed by atoms with van der Waals surface area (Å²) in [6.45, 7) is 3.45. The third-order valence-corrected chi connectivity index (χ3v) is 2.84. The maximum Gasteiger partial charge on any atom is 0.335 e. The summed E-state index contributed by atoms with van der Waals surface area (Å²) in [5.41, 5.74) is 0.405. The number of methoxy groups -OCH3 is 1. The Morgan fingerprint density at radius 2 is 2.18 bits per heavy atom. The lowest BCUT2D eigenvalue weighted by atomic mass is 9.79. The van der Waals surface area contributed by atoms with E-state index in [0.717, 1.165) is 5.56 Å². The van der Waals surface area contributed by atoms with Crippen LogP contribution in [0.25, 0.3) is 0 Å². The minimum atomic E-state index is -1.26. The van der Waals surface area contributed by atoms with Crippen LogP contribution < -0.4 is 0 Å². The number of aliphatic hydroxyl groups excluding tert-OH is 1. The van der Waals surface area contributed by atoms with E-state index >= 15 is 0 Å². The van der Waals surface area contributed by atoms with Gasteiger partial charge in [-0.15, -0.1) is 0 Å². The van der Waals surface area contributed by atoms with Crippen molar-refractivity contribution < 1.29 is 14.6 Å². The number of nitriles is 1. The standard InChI is InChI=1S/C13H15NO3/c1-13(2,11(15)12(16)17-3)10-6-4-5-9(7-10)8-14/h4-7,11,15H,1-3H3. The van der Waals surface area contributed by atoms with E-state index in [1.807, 2.05) is 6.07 Å². The molecule has 1 N–H and O–H groups in total. The molecule has 1 aromatic carbocycles. The number of hydrogen-bond acceptors (Lipinski definition) is 4. The molecule has 0 radical (unpaired) electrons. The fourth-order valence-electron chi connectivity index (χ4n) is 1.55. The van der Waals surface area contributed by atoms with Gasteiger partial charge in [0.15, 0.2) is 6.10 Å². The SMILES string of the molecule is COC(=O)C(O)C(C)(C)c1cccc(C#N)c1. The normalized spacial score (nSPS) is 12.6. The number of carbonyl (C=O) groups excluding carboxylic acids is 1. The summed E-state index contributed by atoms with van der Waals surface area (Å²) in [6, 6.07) is 8.85. The molecule has 1 aromatic rings. The number of esters is 1. The van der Waals surface area contributed by atoms with Crippen LogP contribution >= 0.6 is 0 Å². The lowest BCUT2D eigenvalue weighted by molar-refractivity contribution is -0.153. The Balaban J connectivity index is 3.12. The highest BCUT2D eigenvalue weighted by Crippen LogP contribution is 2.28. The summed E-state index contributed by atoms with van der Waals surface area (Å²) < 4.78 is 4.52. The van der Waals surface area contributed by atoms with Crippen molar-refractivity contribution in [3.8, 4) is 6.07 Å². The Morgan fingerprint density at radius 1 is 1.53 bits per heavy atom. The number of rotatable bonds is 3. The van der Waals surface area contributed by atoms with Crippen molar-refractivity contribution in [1.29, 1.82) is 5.26 Å². The van der Waals surface area contributed by atoms with Crippen molar-refractivity contribution >= 4 is 5.97 Å². The van der Waals surface area contributed by atoms with Crippen molar-refractivity contribution in [3.05, 3.63) is 35.4 Å². The smallest absolute Gasteiger partial charge is 0.335 e. The number of ether oxygens (including phenoxy) is 1. The minimum absolute atomic E-state index is 0.493. The predicted octanol–water partition coefficient (Wildman–Crippen LogP) is 1.37. The zero-order chi connectivity index (χ0) is 13.1. The first-order chi connectivity index (χ1) is 7.93. The molecule has 4 heteroatoms. The van der Waals surface area contributed by atoms with E-state index in [4.69, 9.17) is 5.26 Å². The van der Waals surface area contributed by atoms with E-state index in [2.05, 4.69) is 4.74 Å². The van der Waals surface area contributed by atoms with Crippen LogP contribution in [-0.2, 0) is 14.9 Å². The highest BCUT2D eigenvalue weighted by molar-refractivity contribution is 5.76. The van der Waals surface area contributed by atoms with E-state index in [0.29, 0.717) is 5.56 Å². The van der Waals surface area contributed by atoms with E-state index in [1.54, 1.807) is 38.1 Å². The van der Waals surface area contributed by atoms with Gasteiger partial charge in [-0.05, 0) is 17.7 Å². The average molecular weight is 233 g/mol. The topological polar surface area (TPSA) is 70.3 Å². The van der Waals surface area contributed by atoms with Crippen LogP contribution in [0.5, 0.6) is 0 Å². The maximum absolute atomic E-state index is 11.3. The molecule has 0 aliphatic carbocycles. The highest BCUT2D eigenvalue weighted by Gasteiger charge is 2.36. The Bertz CT molecular complexity index is 460. The number of benzene rings is 1. The largest absolute Gasteiger partial charge is 0.467 e. The third-order valence-electron chi connectivity index (χ3n) is 2.84. The quantitative estimate of drug-likeness (QED) is 0.800. The molecule has 1 atom stereocenters. The van der Waals surface area contributed by atoms with Gasteiger partial charge in [0, 0.05) is 5.41 Å².